The summed E-state index contributed by atoms with van der Waals surface area (Å²) in [6.07, 6.45) is 3.33. The van der Waals surface area contributed by atoms with Gasteiger partial charge in [0, 0.05) is 18.3 Å². The number of carbonyl (C=O) groups is 1. The Morgan fingerprint density at radius 3 is 2.18 bits per heavy atom. The summed E-state index contributed by atoms with van der Waals surface area (Å²) < 4.78 is 0. The summed E-state index contributed by atoms with van der Waals surface area (Å²) in [4.78, 5) is 20.6. The topological polar surface area (TPSA) is 35.5 Å². The number of rotatable bonds is 0. The van der Waals surface area contributed by atoms with Crippen molar-refractivity contribution in [3.8, 4) is 0 Å². The van der Waals surface area contributed by atoms with Gasteiger partial charge in [0.15, 0.2) is 0 Å². The molecule has 11 heavy (non-hydrogen) atoms. The molecule has 62 valence electrons. The minimum atomic E-state index is 0.188. The Morgan fingerprint density at radius 1 is 1.09 bits per heavy atom. The molecule has 1 spiro atoms. The summed E-state index contributed by atoms with van der Waals surface area (Å²) >= 11 is 0. The average molecular weight is 156 g/mol. The fraction of sp³-hybridized carbons (Fsp3) is 0.875. The summed E-state index contributed by atoms with van der Waals surface area (Å²) in [5.41, 5.74) is 0.188. The molecule has 1 heterocycles. The van der Waals surface area contributed by atoms with E-state index < -0.39 is 0 Å². The maximum atomic E-state index is 10.9. The van der Waals surface area contributed by atoms with Crippen LogP contribution in [-0.2, 0) is 14.6 Å². The van der Waals surface area contributed by atoms with Gasteiger partial charge in [0.05, 0.1) is 13.2 Å². The van der Waals surface area contributed by atoms with Gasteiger partial charge in [-0.25, -0.2) is 9.78 Å². The summed E-state index contributed by atoms with van der Waals surface area (Å²) in [5.74, 6) is 0.391. The van der Waals surface area contributed by atoms with Gasteiger partial charge in [-0.3, -0.25) is 4.79 Å². The lowest BCUT2D eigenvalue weighted by Gasteiger charge is -2.28. The number of carbonyl (C=O) groups excluding carboxylic acids is 1. The van der Waals surface area contributed by atoms with Crippen molar-refractivity contribution in [3.05, 3.63) is 0 Å². The molecule has 2 rings (SSSR count). The van der Waals surface area contributed by atoms with Crippen LogP contribution >= 0.6 is 0 Å². The molecule has 1 saturated carbocycles. The quantitative estimate of drug-likeness (QED) is 0.492. The minimum absolute atomic E-state index is 0.188. The van der Waals surface area contributed by atoms with Crippen LogP contribution in [0, 0.1) is 5.41 Å². The van der Waals surface area contributed by atoms with Gasteiger partial charge in [-0.05, 0) is 12.8 Å². The molecule has 2 aliphatic rings. The van der Waals surface area contributed by atoms with Gasteiger partial charge in [0.25, 0.3) is 0 Å². The Balaban J connectivity index is 1.99. The molecule has 0 aromatic carbocycles. The Morgan fingerprint density at radius 2 is 1.64 bits per heavy atom. The van der Waals surface area contributed by atoms with Crippen molar-refractivity contribution in [3.63, 3.8) is 0 Å². The number of ketones is 1. The van der Waals surface area contributed by atoms with Crippen LogP contribution in [-0.4, -0.2) is 19.0 Å². The van der Waals surface area contributed by atoms with Crippen molar-refractivity contribution < 1.29 is 14.6 Å². The van der Waals surface area contributed by atoms with E-state index in [4.69, 9.17) is 9.78 Å². The van der Waals surface area contributed by atoms with Crippen LogP contribution in [0.1, 0.15) is 25.7 Å². The molecule has 0 bridgehead atoms. The lowest BCUT2D eigenvalue weighted by Crippen LogP contribution is -2.30. The third-order valence-corrected chi connectivity index (χ3v) is 2.68. The van der Waals surface area contributed by atoms with Crippen LogP contribution in [0.5, 0.6) is 0 Å². The van der Waals surface area contributed by atoms with Crippen molar-refractivity contribution in [1.29, 1.82) is 0 Å². The highest BCUT2D eigenvalue weighted by atomic mass is 17.2. The summed E-state index contributed by atoms with van der Waals surface area (Å²) in [7, 11) is 0. The normalized spacial score (nSPS) is 29.6. The van der Waals surface area contributed by atoms with Gasteiger partial charge in [0.2, 0.25) is 0 Å². The predicted octanol–water partition coefficient (Wildman–Crippen LogP) is 1.08. The SMILES string of the molecule is O=C1CCC2(CC1)COOC2. The fourth-order valence-electron chi connectivity index (χ4n) is 1.72. The first-order valence-electron chi connectivity index (χ1n) is 4.07. The van der Waals surface area contributed by atoms with E-state index in [1.54, 1.807) is 0 Å². The zero-order chi connectivity index (χ0) is 7.73. The second-order valence-corrected chi connectivity index (χ2v) is 3.56. The van der Waals surface area contributed by atoms with Crippen LogP contribution in [0.3, 0.4) is 0 Å². The number of Topliss-reactive ketones (excluding diaryl/α,β-unsaturated/α-hetero) is 1. The second kappa shape index (κ2) is 2.57. The van der Waals surface area contributed by atoms with E-state index in [0.717, 1.165) is 12.8 Å². The molecule has 0 radical (unpaired) electrons. The fourth-order valence-corrected chi connectivity index (χ4v) is 1.72. The van der Waals surface area contributed by atoms with E-state index in [2.05, 4.69) is 0 Å². The molecular formula is C8H12O3. The maximum absolute atomic E-state index is 10.9. The Hall–Kier alpha value is -0.410. The molecule has 1 aliphatic carbocycles. The van der Waals surface area contributed by atoms with Gasteiger partial charge in [-0.2, -0.15) is 0 Å². The van der Waals surface area contributed by atoms with E-state index in [-0.39, 0.29) is 5.41 Å². The first-order chi connectivity index (χ1) is 5.31. The van der Waals surface area contributed by atoms with Crippen molar-refractivity contribution in [2.75, 3.05) is 13.2 Å². The minimum Gasteiger partial charge on any atom is -0.300 e. The highest BCUT2D eigenvalue weighted by molar-refractivity contribution is 5.79. The molecule has 1 aliphatic heterocycles. The summed E-state index contributed by atoms with van der Waals surface area (Å²) in [6, 6.07) is 0. The zero-order valence-electron chi connectivity index (χ0n) is 6.47. The van der Waals surface area contributed by atoms with Crippen LogP contribution < -0.4 is 0 Å². The third-order valence-electron chi connectivity index (χ3n) is 2.68. The van der Waals surface area contributed by atoms with Gasteiger partial charge < -0.3 is 0 Å². The van der Waals surface area contributed by atoms with E-state index >= 15 is 0 Å². The molecule has 0 aromatic heterocycles. The molecule has 0 amide bonds. The highest BCUT2D eigenvalue weighted by Gasteiger charge is 2.39. The van der Waals surface area contributed by atoms with Gasteiger partial charge in [0.1, 0.15) is 5.78 Å². The molecule has 0 atom stereocenters. The van der Waals surface area contributed by atoms with E-state index in [0.29, 0.717) is 31.8 Å². The molecule has 2 fully saturated rings. The standard InChI is InChI=1S/C8H12O3/c9-7-1-3-8(4-2-7)5-10-11-6-8/h1-6H2. The Kier molecular flexibility index (Phi) is 1.69. The second-order valence-electron chi connectivity index (χ2n) is 3.56. The summed E-state index contributed by atoms with van der Waals surface area (Å²) in [5, 5.41) is 0. The van der Waals surface area contributed by atoms with Crippen molar-refractivity contribution >= 4 is 5.78 Å². The molecule has 0 unspecified atom stereocenters. The third kappa shape index (κ3) is 1.30. The largest absolute Gasteiger partial charge is 0.300 e. The Labute approximate surface area is 65.6 Å². The molecule has 3 heteroatoms. The number of hydrogen-bond donors (Lipinski definition) is 0. The van der Waals surface area contributed by atoms with Crippen molar-refractivity contribution in [1.82, 2.24) is 0 Å². The van der Waals surface area contributed by atoms with E-state index in [1.807, 2.05) is 0 Å². The van der Waals surface area contributed by atoms with Crippen molar-refractivity contribution in [2.45, 2.75) is 25.7 Å². The zero-order valence-corrected chi connectivity index (χ0v) is 6.47. The smallest absolute Gasteiger partial charge is 0.132 e. The van der Waals surface area contributed by atoms with Gasteiger partial charge in [-0.15, -0.1) is 0 Å². The van der Waals surface area contributed by atoms with E-state index in [1.165, 1.54) is 0 Å². The highest BCUT2D eigenvalue weighted by Crippen LogP contribution is 2.38. The molecular weight excluding hydrogens is 144 g/mol. The lowest BCUT2D eigenvalue weighted by molar-refractivity contribution is -0.248. The van der Waals surface area contributed by atoms with Gasteiger partial charge in [-0.1, -0.05) is 0 Å². The molecule has 1 saturated heterocycles. The maximum Gasteiger partial charge on any atom is 0.132 e. The van der Waals surface area contributed by atoms with Crippen LogP contribution in [0.25, 0.3) is 0 Å². The molecule has 0 aromatic rings. The van der Waals surface area contributed by atoms with Crippen molar-refractivity contribution in [2.24, 2.45) is 5.41 Å². The first kappa shape index (κ1) is 7.25. The number of hydrogen-bond acceptors (Lipinski definition) is 3. The molecule has 0 N–H and O–H groups in total. The predicted molar refractivity (Wildman–Crippen MR) is 37.8 cm³/mol. The monoisotopic (exact) mass is 156 g/mol. The van der Waals surface area contributed by atoms with E-state index in [9.17, 15) is 4.79 Å². The Bertz CT molecular complexity index is 158. The van der Waals surface area contributed by atoms with Crippen LogP contribution in [0.15, 0.2) is 0 Å². The van der Waals surface area contributed by atoms with Crippen LogP contribution in [0.2, 0.25) is 0 Å². The average Bonchev–Trinajstić information content (AvgIpc) is 2.45. The first-order valence-corrected chi connectivity index (χ1v) is 4.07. The summed E-state index contributed by atoms with van der Waals surface area (Å²) in [6.45, 7) is 1.36. The molecule has 3 nitrogen and oxygen atoms in total. The van der Waals surface area contributed by atoms with Crippen LogP contribution in [0.4, 0.5) is 0 Å². The lowest BCUT2D eigenvalue weighted by atomic mass is 9.75. The van der Waals surface area contributed by atoms with Gasteiger partial charge >= 0.3 is 0 Å².